The van der Waals surface area contributed by atoms with Crippen LogP contribution in [0.25, 0.3) is 22.1 Å². The first-order valence-electron chi connectivity index (χ1n) is 9.46. The Morgan fingerprint density at radius 1 is 1.17 bits per heavy atom. The van der Waals surface area contributed by atoms with Crippen molar-refractivity contribution in [3.05, 3.63) is 57.9 Å². The number of phenolic OH excluding ortho intramolecular Hbond substituents is 1. The molecule has 6 nitrogen and oxygen atoms in total. The van der Waals surface area contributed by atoms with E-state index in [9.17, 15) is 15.0 Å². The predicted molar refractivity (Wildman–Crippen MR) is 109 cm³/mol. The molecule has 0 fully saturated rings. The van der Waals surface area contributed by atoms with Crippen molar-refractivity contribution in [3.8, 4) is 22.6 Å². The molecule has 0 saturated heterocycles. The summed E-state index contributed by atoms with van der Waals surface area (Å²) in [4.78, 5) is 13.2. The summed E-state index contributed by atoms with van der Waals surface area (Å²) in [5, 5.41) is 21.7. The zero-order chi connectivity index (χ0) is 20.9. The first-order valence-corrected chi connectivity index (χ1v) is 9.46. The number of fused-ring (bicyclic) bond motifs is 2. The van der Waals surface area contributed by atoms with Crippen LogP contribution >= 0.6 is 0 Å². The van der Waals surface area contributed by atoms with Gasteiger partial charge in [0.2, 0.25) is 5.43 Å². The van der Waals surface area contributed by atoms with Crippen LogP contribution < -0.4 is 10.2 Å². The van der Waals surface area contributed by atoms with Gasteiger partial charge in [0, 0.05) is 18.6 Å². The van der Waals surface area contributed by atoms with Crippen LogP contribution in [0.15, 0.2) is 45.8 Å². The monoisotopic (exact) mass is 396 g/mol. The largest absolute Gasteiger partial charge is 0.507 e. The number of phenols is 1. The van der Waals surface area contributed by atoms with Crippen molar-refractivity contribution in [2.45, 2.75) is 32.0 Å². The molecule has 3 aromatic rings. The van der Waals surface area contributed by atoms with Gasteiger partial charge in [0.1, 0.15) is 28.7 Å². The zero-order valence-electron chi connectivity index (χ0n) is 16.9. The van der Waals surface area contributed by atoms with Crippen molar-refractivity contribution in [2.24, 2.45) is 5.92 Å². The Labute approximate surface area is 168 Å². The molecule has 0 radical (unpaired) electrons. The first kappa shape index (κ1) is 19.5. The number of rotatable bonds is 4. The Kier molecular flexibility index (Phi) is 4.63. The van der Waals surface area contributed by atoms with E-state index >= 15 is 0 Å². The molecular formula is C23H24O6. The molecule has 0 saturated carbocycles. The minimum Gasteiger partial charge on any atom is -0.507 e. The molecule has 1 heterocycles. The third kappa shape index (κ3) is 3.09. The van der Waals surface area contributed by atoms with E-state index in [0.717, 1.165) is 5.56 Å². The standard InChI is InChI=1S/C23H24O6/c1-23(2,26)16-9-13-10-17-19(21(25)18(13)22(16)28-4)20(24)15(11-29-17)12-5-7-14(27-3)8-6-12/h5-8,10-11,16,22,25-26H,9H2,1-4H3. The maximum Gasteiger partial charge on any atom is 0.204 e. The van der Waals surface area contributed by atoms with Gasteiger partial charge in [-0.05, 0) is 49.6 Å². The summed E-state index contributed by atoms with van der Waals surface area (Å²) in [5.41, 5.74) is 1.36. The van der Waals surface area contributed by atoms with Gasteiger partial charge in [-0.2, -0.15) is 0 Å². The summed E-state index contributed by atoms with van der Waals surface area (Å²) in [6.45, 7) is 3.44. The molecule has 2 unspecified atom stereocenters. The highest BCUT2D eigenvalue weighted by atomic mass is 16.5. The van der Waals surface area contributed by atoms with E-state index in [1.165, 1.54) is 6.26 Å². The minimum absolute atomic E-state index is 0.121. The van der Waals surface area contributed by atoms with Gasteiger partial charge < -0.3 is 24.1 Å². The Morgan fingerprint density at radius 3 is 2.45 bits per heavy atom. The molecule has 2 N–H and O–H groups in total. The van der Waals surface area contributed by atoms with Crippen LogP contribution in [0.3, 0.4) is 0 Å². The molecule has 0 spiro atoms. The number of aliphatic hydroxyl groups is 1. The maximum absolute atomic E-state index is 13.2. The second-order valence-corrected chi connectivity index (χ2v) is 8.00. The van der Waals surface area contributed by atoms with Gasteiger partial charge in [-0.25, -0.2) is 0 Å². The summed E-state index contributed by atoms with van der Waals surface area (Å²) in [6, 6.07) is 8.82. The highest BCUT2D eigenvalue weighted by Crippen LogP contribution is 2.49. The quantitative estimate of drug-likeness (QED) is 0.697. The maximum atomic E-state index is 13.2. The van der Waals surface area contributed by atoms with E-state index in [4.69, 9.17) is 13.9 Å². The molecule has 1 aromatic heterocycles. The molecule has 29 heavy (non-hydrogen) atoms. The fraction of sp³-hybridized carbons (Fsp3) is 0.348. The summed E-state index contributed by atoms with van der Waals surface area (Å²) in [7, 11) is 3.11. The third-order valence-corrected chi connectivity index (χ3v) is 5.82. The molecule has 2 aromatic carbocycles. The number of ether oxygens (including phenoxy) is 2. The Hall–Kier alpha value is -2.83. The molecule has 6 heteroatoms. The van der Waals surface area contributed by atoms with E-state index in [-0.39, 0.29) is 22.5 Å². The van der Waals surface area contributed by atoms with Gasteiger partial charge in [-0.1, -0.05) is 12.1 Å². The lowest BCUT2D eigenvalue weighted by atomic mass is 9.86. The summed E-state index contributed by atoms with van der Waals surface area (Å²) < 4.78 is 16.5. The lowest BCUT2D eigenvalue weighted by molar-refractivity contribution is -0.0555. The topological polar surface area (TPSA) is 89.1 Å². The fourth-order valence-electron chi connectivity index (χ4n) is 4.24. The predicted octanol–water partition coefficient (Wildman–Crippen LogP) is 3.80. The third-order valence-electron chi connectivity index (χ3n) is 5.82. The normalized spacial score (nSPS) is 18.8. The van der Waals surface area contributed by atoms with E-state index in [0.29, 0.717) is 34.4 Å². The zero-order valence-corrected chi connectivity index (χ0v) is 16.9. The lowest BCUT2D eigenvalue weighted by Gasteiger charge is -2.30. The smallest absolute Gasteiger partial charge is 0.204 e. The van der Waals surface area contributed by atoms with Crippen LogP contribution in [0.4, 0.5) is 0 Å². The Morgan fingerprint density at radius 2 is 1.86 bits per heavy atom. The molecular weight excluding hydrogens is 372 g/mol. The molecule has 0 aliphatic heterocycles. The summed E-state index contributed by atoms with van der Waals surface area (Å²) in [6.07, 6.45) is 1.41. The van der Waals surface area contributed by atoms with Gasteiger partial charge in [0.15, 0.2) is 0 Å². The van der Waals surface area contributed by atoms with Crippen LogP contribution in [0, 0.1) is 5.92 Å². The van der Waals surface area contributed by atoms with Crippen molar-refractivity contribution < 1.29 is 24.1 Å². The molecule has 1 aliphatic rings. The van der Waals surface area contributed by atoms with Crippen LogP contribution in [0.2, 0.25) is 0 Å². The van der Waals surface area contributed by atoms with E-state index in [1.54, 1.807) is 58.4 Å². The number of benzene rings is 2. The number of methoxy groups -OCH3 is 2. The molecule has 2 atom stereocenters. The lowest BCUT2D eigenvalue weighted by Crippen LogP contribution is -2.34. The van der Waals surface area contributed by atoms with E-state index < -0.39 is 11.7 Å². The van der Waals surface area contributed by atoms with Gasteiger partial charge in [-0.3, -0.25) is 4.79 Å². The minimum atomic E-state index is -1.01. The van der Waals surface area contributed by atoms with Gasteiger partial charge in [-0.15, -0.1) is 0 Å². The summed E-state index contributed by atoms with van der Waals surface area (Å²) in [5.74, 6) is 0.293. The molecule has 152 valence electrons. The second-order valence-electron chi connectivity index (χ2n) is 8.00. The second kappa shape index (κ2) is 6.90. The van der Waals surface area contributed by atoms with Crippen molar-refractivity contribution in [1.82, 2.24) is 0 Å². The van der Waals surface area contributed by atoms with E-state index in [1.807, 2.05) is 0 Å². The van der Waals surface area contributed by atoms with E-state index in [2.05, 4.69) is 0 Å². The highest BCUT2D eigenvalue weighted by molar-refractivity contribution is 5.89. The van der Waals surface area contributed by atoms with Crippen molar-refractivity contribution in [1.29, 1.82) is 0 Å². The van der Waals surface area contributed by atoms with Crippen LogP contribution in [0.5, 0.6) is 11.5 Å². The number of hydrogen-bond acceptors (Lipinski definition) is 6. The fourth-order valence-corrected chi connectivity index (χ4v) is 4.24. The summed E-state index contributed by atoms with van der Waals surface area (Å²) >= 11 is 0. The Bertz CT molecular complexity index is 1120. The number of hydrogen-bond donors (Lipinski definition) is 2. The average Bonchev–Trinajstić information content (AvgIpc) is 3.08. The van der Waals surface area contributed by atoms with Gasteiger partial charge >= 0.3 is 0 Å². The van der Waals surface area contributed by atoms with Crippen molar-refractivity contribution in [3.63, 3.8) is 0 Å². The highest BCUT2D eigenvalue weighted by Gasteiger charge is 2.43. The Balaban J connectivity index is 1.91. The van der Waals surface area contributed by atoms with Gasteiger partial charge in [0.25, 0.3) is 0 Å². The van der Waals surface area contributed by atoms with Crippen molar-refractivity contribution in [2.75, 3.05) is 14.2 Å². The first-order chi connectivity index (χ1) is 13.8. The number of aromatic hydroxyl groups is 1. The molecule has 0 amide bonds. The van der Waals surface area contributed by atoms with Crippen LogP contribution in [0.1, 0.15) is 31.1 Å². The van der Waals surface area contributed by atoms with Crippen molar-refractivity contribution >= 4 is 11.0 Å². The average molecular weight is 396 g/mol. The van der Waals surface area contributed by atoms with Gasteiger partial charge in [0.05, 0.1) is 24.4 Å². The SMILES string of the molecule is COc1ccc(-c2coc3cc4c(c(O)c3c2=O)C(OC)C(C(C)(C)O)C4)cc1. The molecule has 1 aliphatic carbocycles. The molecule has 4 rings (SSSR count). The molecule has 0 bridgehead atoms. The van der Waals surface area contributed by atoms with Crippen LogP contribution in [-0.4, -0.2) is 30.0 Å². The van der Waals surface area contributed by atoms with Crippen LogP contribution in [-0.2, 0) is 11.2 Å².